The highest BCUT2D eigenvalue weighted by atomic mass is 79.9. The second kappa shape index (κ2) is 5.23. The molecule has 0 spiro atoms. The Morgan fingerprint density at radius 2 is 2.25 bits per heavy atom. The van der Waals surface area contributed by atoms with Crippen LogP contribution in [0.1, 0.15) is 4.88 Å². The molecule has 0 bridgehead atoms. The molecule has 0 aromatic carbocycles. The lowest BCUT2D eigenvalue weighted by Gasteiger charge is -2.01. The molecule has 0 unspecified atom stereocenters. The molecule has 0 aliphatic carbocycles. The van der Waals surface area contributed by atoms with Gasteiger partial charge in [-0.3, -0.25) is 4.79 Å². The predicted molar refractivity (Wildman–Crippen MR) is 68.6 cm³/mol. The van der Waals surface area contributed by atoms with E-state index in [-0.39, 0.29) is 5.91 Å². The monoisotopic (exact) mass is 296 g/mol. The zero-order valence-electron chi connectivity index (χ0n) is 8.31. The molecule has 2 heterocycles. The first-order valence-corrected chi connectivity index (χ1v) is 6.30. The molecule has 0 aliphatic heterocycles. The average molecular weight is 297 g/mol. The van der Waals surface area contributed by atoms with Crippen molar-refractivity contribution < 1.29 is 4.79 Å². The van der Waals surface area contributed by atoms with Crippen LogP contribution < -0.4 is 5.32 Å². The van der Waals surface area contributed by atoms with E-state index in [1.54, 1.807) is 23.6 Å². The molecule has 82 valence electrons. The third-order valence-corrected chi connectivity index (χ3v) is 3.52. The van der Waals surface area contributed by atoms with E-state index < -0.39 is 0 Å². The van der Waals surface area contributed by atoms with Gasteiger partial charge in [0, 0.05) is 11.1 Å². The summed E-state index contributed by atoms with van der Waals surface area (Å²) in [7, 11) is 0. The molecule has 1 N–H and O–H groups in total. The van der Waals surface area contributed by atoms with E-state index in [2.05, 4.69) is 26.2 Å². The van der Waals surface area contributed by atoms with Crippen LogP contribution in [0.15, 0.2) is 40.3 Å². The summed E-state index contributed by atoms with van der Waals surface area (Å²) in [5, 5.41) is 2.74. The van der Waals surface area contributed by atoms with Crippen LogP contribution in [-0.2, 0) is 11.2 Å². The first-order valence-electron chi connectivity index (χ1n) is 4.69. The Morgan fingerprint density at radius 1 is 1.38 bits per heavy atom. The lowest BCUT2D eigenvalue weighted by Crippen LogP contribution is -2.14. The Morgan fingerprint density at radius 3 is 2.88 bits per heavy atom. The van der Waals surface area contributed by atoms with Crippen LogP contribution in [0, 0.1) is 0 Å². The van der Waals surface area contributed by atoms with Crippen molar-refractivity contribution in [1.29, 1.82) is 0 Å². The lowest BCUT2D eigenvalue weighted by molar-refractivity contribution is -0.115. The Bertz CT molecular complexity index is 484. The predicted octanol–water partition coefficient (Wildman–Crippen LogP) is 3.09. The second-order valence-electron chi connectivity index (χ2n) is 3.15. The maximum Gasteiger partial charge on any atom is 0.230 e. The van der Waals surface area contributed by atoms with Crippen LogP contribution in [-0.4, -0.2) is 10.9 Å². The maximum atomic E-state index is 11.6. The minimum absolute atomic E-state index is 0.0481. The van der Waals surface area contributed by atoms with Gasteiger partial charge in [-0.25, -0.2) is 4.98 Å². The van der Waals surface area contributed by atoms with Gasteiger partial charge in [0.25, 0.3) is 0 Å². The number of anilines is 1. The molecule has 2 rings (SSSR count). The van der Waals surface area contributed by atoms with Crippen molar-refractivity contribution in [1.82, 2.24) is 4.98 Å². The summed E-state index contributed by atoms with van der Waals surface area (Å²) in [6, 6.07) is 9.29. The Hall–Kier alpha value is -1.20. The highest BCUT2D eigenvalue weighted by Crippen LogP contribution is 2.22. The molecule has 0 fully saturated rings. The normalized spacial score (nSPS) is 10.1. The van der Waals surface area contributed by atoms with Crippen LogP contribution >= 0.6 is 27.3 Å². The van der Waals surface area contributed by atoms with E-state index in [4.69, 9.17) is 0 Å². The number of nitrogens with one attached hydrogen (secondary N) is 1. The van der Waals surface area contributed by atoms with E-state index in [0.717, 1.165) is 8.66 Å². The first kappa shape index (κ1) is 11.3. The zero-order valence-corrected chi connectivity index (χ0v) is 10.7. The van der Waals surface area contributed by atoms with Gasteiger partial charge in [0.05, 0.1) is 10.2 Å². The first-order chi connectivity index (χ1) is 7.74. The third kappa shape index (κ3) is 3.15. The molecule has 0 aliphatic rings. The molecule has 1 amide bonds. The van der Waals surface area contributed by atoms with Gasteiger partial charge < -0.3 is 5.32 Å². The van der Waals surface area contributed by atoms with Crippen molar-refractivity contribution in [3.63, 3.8) is 0 Å². The number of amides is 1. The number of rotatable bonds is 3. The van der Waals surface area contributed by atoms with E-state index >= 15 is 0 Å². The summed E-state index contributed by atoms with van der Waals surface area (Å²) < 4.78 is 1.04. The van der Waals surface area contributed by atoms with Crippen molar-refractivity contribution in [2.45, 2.75) is 6.42 Å². The number of hydrogen-bond donors (Lipinski definition) is 1. The van der Waals surface area contributed by atoms with E-state index in [9.17, 15) is 4.79 Å². The highest BCUT2D eigenvalue weighted by molar-refractivity contribution is 9.11. The second-order valence-corrected chi connectivity index (χ2v) is 5.69. The minimum Gasteiger partial charge on any atom is -0.310 e. The van der Waals surface area contributed by atoms with Crippen LogP contribution in [0.5, 0.6) is 0 Å². The Balaban J connectivity index is 1.95. The van der Waals surface area contributed by atoms with Gasteiger partial charge >= 0.3 is 0 Å². The molecule has 0 saturated carbocycles. The maximum absolute atomic E-state index is 11.6. The van der Waals surface area contributed by atoms with Gasteiger partial charge in [0.15, 0.2) is 0 Å². The van der Waals surface area contributed by atoms with Crippen molar-refractivity contribution >= 4 is 39.0 Å². The number of nitrogens with zero attached hydrogens (tertiary/aromatic N) is 1. The summed E-state index contributed by atoms with van der Waals surface area (Å²) in [5.74, 6) is 0.538. The van der Waals surface area contributed by atoms with Crippen molar-refractivity contribution in [2.75, 3.05) is 5.32 Å². The highest BCUT2D eigenvalue weighted by Gasteiger charge is 2.06. The van der Waals surface area contributed by atoms with Crippen LogP contribution in [0.25, 0.3) is 0 Å². The van der Waals surface area contributed by atoms with Gasteiger partial charge in [0.1, 0.15) is 5.82 Å². The molecule has 0 atom stereocenters. The van der Waals surface area contributed by atoms with Gasteiger partial charge in [0.2, 0.25) is 5.91 Å². The summed E-state index contributed by atoms with van der Waals surface area (Å²) in [6.07, 6.45) is 2.03. The van der Waals surface area contributed by atoms with Crippen LogP contribution in [0.4, 0.5) is 5.82 Å². The number of thiophene rings is 1. The molecule has 16 heavy (non-hydrogen) atoms. The molecule has 2 aromatic heterocycles. The fraction of sp³-hybridized carbons (Fsp3) is 0.0909. The molecule has 0 saturated heterocycles. The smallest absolute Gasteiger partial charge is 0.230 e. The van der Waals surface area contributed by atoms with Gasteiger partial charge in [-0.2, -0.15) is 0 Å². The third-order valence-electron chi connectivity index (χ3n) is 1.90. The molecular weight excluding hydrogens is 288 g/mol. The van der Waals surface area contributed by atoms with Gasteiger partial charge in [-0.15, -0.1) is 11.3 Å². The largest absolute Gasteiger partial charge is 0.310 e. The summed E-state index contributed by atoms with van der Waals surface area (Å²) >= 11 is 4.93. The van der Waals surface area contributed by atoms with Crippen molar-refractivity contribution in [3.8, 4) is 0 Å². The molecule has 2 aromatic rings. The number of aromatic nitrogens is 1. The van der Waals surface area contributed by atoms with Crippen molar-refractivity contribution in [3.05, 3.63) is 45.2 Å². The van der Waals surface area contributed by atoms with E-state index in [1.165, 1.54) is 0 Å². The van der Waals surface area contributed by atoms with Gasteiger partial charge in [-0.05, 0) is 40.2 Å². The topological polar surface area (TPSA) is 42.0 Å². The minimum atomic E-state index is -0.0481. The Kier molecular flexibility index (Phi) is 3.69. The molecular formula is C11H9BrN2OS. The molecule has 5 heteroatoms. The number of halogens is 1. The molecule has 0 radical (unpaired) electrons. The summed E-state index contributed by atoms with van der Waals surface area (Å²) in [6.45, 7) is 0. The van der Waals surface area contributed by atoms with E-state index in [1.807, 2.05) is 24.3 Å². The van der Waals surface area contributed by atoms with Crippen molar-refractivity contribution in [2.24, 2.45) is 0 Å². The fourth-order valence-electron chi connectivity index (χ4n) is 1.23. The van der Waals surface area contributed by atoms with Crippen LogP contribution in [0.2, 0.25) is 0 Å². The van der Waals surface area contributed by atoms with E-state index in [0.29, 0.717) is 12.2 Å². The standard InChI is InChI=1S/C11H9BrN2OS/c12-9-5-4-8(16-9)7-11(15)14-10-3-1-2-6-13-10/h1-6H,7H2,(H,13,14,15). The van der Waals surface area contributed by atoms with Crippen LogP contribution in [0.3, 0.4) is 0 Å². The molecule has 3 nitrogen and oxygen atoms in total. The quantitative estimate of drug-likeness (QED) is 0.946. The number of carbonyl (C=O) groups is 1. The summed E-state index contributed by atoms with van der Waals surface area (Å²) in [5.41, 5.74) is 0. The lowest BCUT2D eigenvalue weighted by atomic mass is 10.3. The Labute approximate surface area is 106 Å². The SMILES string of the molecule is O=C(Cc1ccc(Br)s1)Nc1ccccn1. The average Bonchev–Trinajstić information content (AvgIpc) is 2.65. The van der Waals surface area contributed by atoms with Gasteiger partial charge in [-0.1, -0.05) is 6.07 Å². The number of carbonyl (C=O) groups excluding carboxylic acids is 1. The summed E-state index contributed by atoms with van der Waals surface area (Å²) in [4.78, 5) is 16.7. The number of pyridine rings is 1. The number of hydrogen-bond acceptors (Lipinski definition) is 3. The zero-order chi connectivity index (χ0) is 11.4. The fourth-order valence-corrected chi connectivity index (χ4v) is 2.71.